The molecule has 1 atom stereocenters. The molecule has 0 aliphatic heterocycles. The van der Waals surface area contributed by atoms with Crippen molar-refractivity contribution in [2.24, 2.45) is 0 Å². The Kier molecular flexibility index (Phi) is 3.56. The van der Waals surface area contributed by atoms with E-state index in [9.17, 15) is 0 Å². The first-order valence-electron chi connectivity index (χ1n) is 5.39. The van der Waals surface area contributed by atoms with Gasteiger partial charge in [0.2, 0.25) is 5.13 Å². The zero-order chi connectivity index (χ0) is 11.4. The highest BCUT2D eigenvalue weighted by Gasteiger charge is 2.08. The number of nitrogens with one attached hydrogen (secondary N) is 1. The summed E-state index contributed by atoms with van der Waals surface area (Å²) in [5, 5.41) is 4.20. The van der Waals surface area contributed by atoms with Gasteiger partial charge in [-0.15, -0.1) is 0 Å². The van der Waals surface area contributed by atoms with E-state index in [1.165, 1.54) is 11.5 Å². The molecule has 0 saturated heterocycles. The number of furan rings is 1. The third-order valence-electron chi connectivity index (χ3n) is 2.24. The highest BCUT2D eigenvalue weighted by molar-refractivity contribution is 7.09. The van der Waals surface area contributed by atoms with Gasteiger partial charge in [-0.3, -0.25) is 0 Å². The molecule has 0 aliphatic carbocycles. The molecule has 0 aromatic carbocycles. The molecule has 0 bridgehead atoms. The molecule has 2 aromatic rings. The van der Waals surface area contributed by atoms with Gasteiger partial charge < -0.3 is 9.73 Å². The maximum atomic E-state index is 5.30. The molecule has 2 heterocycles. The summed E-state index contributed by atoms with van der Waals surface area (Å²) in [6.07, 6.45) is 3.43. The van der Waals surface area contributed by atoms with Crippen LogP contribution in [0.15, 0.2) is 22.8 Å². The molecule has 2 rings (SSSR count). The quantitative estimate of drug-likeness (QED) is 0.868. The van der Waals surface area contributed by atoms with E-state index in [2.05, 4.69) is 28.5 Å². The number of hydrogen-bond acceptors (Lipinski definition) is 5. The van der Waals surface area contributed by atoms with Crippen molar-refractivity contribution < 1.29 is 4.42 Å². The van der Waals surface area contributed by atoms with Crippen LogP contribution in [-0.2, 0) is 12.8 Å². The van der Waals surface area contributed by atoms with E-state index in [0.717, 1.165) is 29.6 Å². The first-order valence-corrected chi connectivity index (χ1v) is 6.16. The minimum Gasteiger partial charge on any atom is -0.469 e. The monoisotopic (exact) mass is 237 g/mol. The van der Waals surface area contributed by atoms with Gasteiger partial charge in [-0.25, -0.2) is 4.98 Å². The lowest BCUT2D eigenvalue weighted by Crippen LogP contribution is -2.17. The molecule has 2 aromatic heterocycles. The Morgan fingerprint density at radius 3 is 3.06 bits per heavy atom. The van der Waals surface area contributed by atoms with E-state index in [1.807, 2.05) is 12.1 Å². The third kappa shape index (κ3) is 2.82. The van der Waals surface area contributed by atoms with Crippen molar-refractivity contribution in [3.8, 4) is 0 Å². The maximum Gasteiger partial charge on any atom is 0.202 e. The Morgan fingerprint density at radius 1 is 1.56 bits per heavy atom. The molecule has 0 fully saturated rings. The van der Waals surface area contributed by atoms with E-state index >= 15 is 0 Å². The second kappa shape index (κ2) is 5.12. The predicted octanol–water partition coefficient (Wildman–Crippen LogP) is 2.74. The third-order valence-corrected chi connectivity index (χ3v) is 2.93. The number of rotatable bonds is 5. The van der Waals surface area contributed by atoms with Crippen molar-refractivity contribution in [2.45, 2.75) is 32.7 Å². The lowest BCUT2D eigenvalue weighted by Gasteiger charge is -2.10. The van der Waals surface area contributed by atoms with Gasteiger partial charge >= 0.3 is 0 Å². The molecule has 0 radical (unpaired) electrons. The lowest BCUT2D eigenvalue weighted by atomic mass is 10.2. The van der Waals surface area contributed by atoms with Crippen molar-refractivity contribution in [3.05, 3.63) is 30.0 Å². The van der Waals surface area contributed by atoms with Crippen LogP contribution in [-0.4, -0.2) is 15.4 Å². The second-order valence-corrected chi connectivity index (χ2v) is 4.45. The highest BCUT2D eigenvalue weighted by atomic mass is 32.1. The lowest BCUT2D eigenvalue weighted by molar-refractivity contribution is 0.497. The molecule has 0 aliphatic rings. The normalized spacial score (nSPS) is 12.6. The van der Waals surface area contributed by atoms with E-state index < -0.39 is 0 Å². The summed E-state index contributed by atoms with van der Waals surface area (Å²) in [5.74, 6) is 1.89. The van der Waals surface area contributed by atoms with Gasteiger partial charge in [-0.2, -0.15) is 4.37 Å². The van der Waals surface area contributed by atoms with Gasteiger partial charge in [0.05, 0.1) is 6.26 Å². The SMILES string of the molecule is CCc1nsc(NC(C)Cc2ccco2)n1. The Bertz CT molecular complexity index is 424. The first-order chi connectivity index (χ1) is 7.78. The summed E-state index contributed by atoms with van der Waals surface area (Å²) in [6.45, 7) is 4.16. The Morgan fingerprint density at radius 2 is 2.44 bits per heavy atom. The molecule has 1 N–H and O–H groups in total. The molecule has 0 amide bonds. The number of anilines is 1. The number of nitrogens with zero attached hydrogens (tertiary/aromatic N) is 2. The molecule has 1 unspecified atom stereocenters. The summed E-state index contributed by atoms with van der Waals surface area (Å²) in [7, 11) is 0. The molecular weight excluding hydrogens is 222 g/mol. The van der Waals surface area contributed by atoms with Gasteiger partial charge in [0, 0.05) is 30.4 Å². The van der Waals surface area contributed by atoms with Crippen LogP contribution in [0, 0.1) is 0 Å². The zero-order valence-corrected chi connectivity index (χ0v) is 10.3. The van der Waals surface area contributed by atoms with Crippen molar-refractivity contribution in [2.75, 3.05) is 5.32 Å². The van der Waals surface area contributed by atoms with Crippen LogP contribution in [0.3, 0.4) is 0 Å². The Balaban J connectivity index is 1.89. The first kappa shape index (κ1) is 11.1. The average Bonchev–Trinajstić information content (AvgIpc) is 2.89. The molecule has 5 heteroatoms. The number of aryl methyl sites for hydroxylation is 1. The summed E-state index contributed by atoms with van der Waals surface area (Å²) >= 11 is 1.41. The van der Waals surface area contributed by atoms with Crippen LogP contribution < -0.4 is 5.32 Å². The summed E-state index contributed by atoms with van der Waals surface area (Å²) < 4.78 is 9.52. The van der Waals surface area contributed by atoms with Gasteiger partial charge in [-0.1, -0.05) is 6.92 Å². The van der Waals surface area contributed by atoms with E-state index in [4.69, 9.17) is 4.42 Å². The smallest absolute Gasteiger partial charge is 0.202 e. The fourth-order valence-corrected chi connectivity index (χ4v) is 2.21. The summed E-state index contributed by atoms with van der Waals surface area (Å²) in [4.78, 5) is 4.36. The van der Waals surface area contributed by atoms with Crippen molar-refractivity contribution >= 4 is 16.7 Å². The summed E-state index contributed by atoms with van der Waals surface area (Å²) in [6, 6.07) is 4.18. The molecule has 16 heavy (non-hydrogen) atoms. The number of hydrogen-bond donors (Lipinski definition) is 1. The zero-order valence-electron chi connectivity index (χ0n) is 9.43. The molecule has 0 spiro atoms. The predicted molar refractivity (Wildman–Crippen MR) is 64.8 cm³/mol. The molecular formula is C11H15N3OS. The molecule has 86 valence electrons. The van der Waals surface area contributed by atoms with Crippen LogP contribution in [0.5, 0.6) is 0 Å². The fourth-order valence-electron chi connectivity index (χ4n) is 1.45. The van der Waals surface area contributed by atoms with E-state index in [0.29, 0.717) is 6.04 Å². The van der Waals surface area contributed by atoms with E-state index in [1.54, 1.807) is 6.26 Å². The second-order valence-electron chi connectivity index (χ2n) is 3.70. The van der Waals surface area contributed by atoms with Gasteiger partial charge in [0.15, 0.2) is 0 Å². The van der Waals surface area contributed by atoms with E-state index in [-0.39, 0.29) is 0 Å². The fraction of sp³-hybridized carbons (Fsp3) is 0.455. The average molecular weight is 237 g/mol. The maximum absolute atomic E-state index is 5.30. The Labute approximate surface area is 98.9 Å². The minimum atomic E-state index is 0.295. The topological polar surface area (TPSA) is 51.0 Å². The minimum absolute atomic E-state index is 0.295. The van der Waals surface area contributed by atoms with Crippen LogP contribution in [0.1, 0.15) is 25.4 Å². The van der Waals surface area contributed by atoms with Crippen LogP contribution in [0.4, 0.5) is 5.13 Å². The Hall–Kier alpha value is -1.36. The molecule has 0 saturated carbocycles. The van der Waals surface area contributed by atoms with Gasteiger partial charge in [0.25, 0.3) is 0 Å². The van der Waals surface area contributed by atoms with Gasteiger partial charge in [-0.05, 0) is 19.1 Å². The van der Waals surface area contributed by atoms with Crippen molar-refractivity contribution in [3.63, 3.8) is 0 Å². The van der Waals surface area contributed by atoms with Gasteiger partial charge in [0.1, 0.15) is 11.6 Å². The highest BCUT2D eigenvalue weighted by Crippen LogP contribution is 2.14. The van der Waals surface area contributed by atoms with Crippen LogP contribution >= 0.6 is 11.5 Å². The van der Waals surface area contributed by atoms with Crippen LogP contribution in [0.25, 0.3) is 0 Å². The standard InChI is InChI=1S/C11H15N3OS/c1-3-10-13-11(16-14-10)12-8(2)7-9-5-4-6-15-9/h4-6,8H,3,7H2,1-2H3,(H,12,13,14). The van der Waals surface area contributed by atoms with Crippen molar-refractivity contribution in [1.29, 1.82) is 0 Å². The summed E-state index contributed by atoms with van der Waals surface area (Å²) in [5.41, 5.74) is 0. The number of aromatic nitrogens is 2. The van der Waals surface area contributed by atoms with Crippen LogP contribution in [0.2, 0.25) is 0 Å². The largest absolute Gasteiger partial charge is 0.469 e. The van der Waals surface area contributed by atoms with Crippen molar-refractivity contribution in [1.82, 2.24) is 9.36 Å². The molecule has 4 nitrogen and oxygen atoms in total.